The molecule has 2 amide bonds. The Morgan fingerprint density at radius 3 is 2.81 bits per heavy atom. The highest BCUT2D eigenvalue weighted by Crippen LogP contribution is 2.19. The third kappa shape index (κ3) is 3.95. The molecule has 1 aliphatic rings. The second-order valence-corrected chi connectivity index (χ2v) is 5.23. The summed E-state index contributed by atoms with van der Waals surface area (Å²) in [5, 5.41) is 5.46. The molecule has 114 valence electrons. The standard InChI is InChI=1S/C15H22N4O2/c1-17-15(21)13-8-4-5-9-19(13)10-14(20)18-12-7-3-2-6-11(12)16/h2-3,6-7,13H,4-5,8-10,16H2,1H3,(H,17,21)(H,18,20). The number of carbonyl (C=O) groups is 2. The van der Waals surface area contributed by atoms with Crippen molar-refractivity contribution in [2.75, 3.05) is 31.2 Å². The smallest absolute Gasteiger partial charge is 0.238 e. The first kappa shape index (κ1) is 15.3. The predicted molar refractivity (Wildman–Crippen MR) is 82.8 cm³/mol. The van der Waals surface area contributed by atoms with Crippen LogP contribution in [0, 0.1) is 0 Å². The van der Waals surface area contributed by atoms with Crippen LogP contribution >= 0.6 is 0 Å². The predicted octanol–water partition coefficient (Wildman–Crippen LogP) is 0.808. The van der Waals surface area contributed by atoms with Crippen LogP contribution < -0.4 is 16.4 Å². The Balaban J connectivity index is 1.97. The molecule has 21 heavy (non-hydrogen) atoms. The molecule has 1 fully saturated rings. The zero-order valence-corrected chi connectivity index (χ0v) is 12.3. The number of nitrogens with two attached hydrogens (primary N) is 1. The first-order chi connectivity index (χ1) is 10.1. The van der Waals surface area contributed by atoms with Gasteiger partial charge >= 0.3 is 0 Å². The minimum absolute atomic E-state index is 0.0262. The summed E-state index contributed by atoms with van der Waals surface area (Å²) in [7, 11) is 1.62. The van der Waals surface area contributed by atoms with Gasteiger partial charge in [0.25, 0.3) is 0 Å². The summed E-state index contributed by atoms with van der Waals surface area (Å²) in [5.41, 5.74) is 6.95. The van der Waals surface area contributed by atoms with E-state index >= 15 is 0 Å². The number of para-hydroxylation sites is 2. The van der Waals surface area contributed by atoms with Crippen LogP contribution in [0.1, 0.15) is 19.3 Å². The van der Waals surface area contributed by atoms with Gasteiger partial charge < -0.3 is 16.4 Å². The number of amides is 2. The molecule has 1 heterocycles. The highest BCUT2D eigenvalue weighted by molar-refractivity contribution is 5.95. The van der Waals surface area contributed by atoms with Crippen LogP contribution in [0.2, 0.25) is 0 Å². The maximum Gasteiger partial charge on any atom is 0.238 e. The molecule has 1 aromatic carbocycles. The molecule has 6 heteroatoms. The average molecular weight is 290 g/mol. The normalized spacial score (nSPS) is 19.0. The van der Waals surface area contributed by atoms with Crippen LogP contribution in [0.3, 0.4) is 0 Å². The van der Waals surface area contributed by atoms with Gasteiger partial charge in [-0.15, -0.1) is 0 Å². The number of nitrogen functional groups attached to an aromatic ring is 1. The van der Waals surface area contributed by atoms with E-state index in [1.165, 1.54) is 0 Å². The van der Waals surface area contributed by atoms with E-state index in [9.17, 15) is 9.59 Å². The SMILES string of the molecule is CNC(=O)C1CCCCN1CC(=O)Nc1ccccc1N. The lowest BCUT2D eigenvalue weighted by Gasteiger charge is -2.33. The number of likely N-dealkylation sites (tertiary alicyclic amines) is 1. The van der Waals surface area contributed by atoms with Crippen molar-refractivity contribution in [1.82, 2.24) is 10.2 Å². The third-order valence-corrected chi connectivity index (χ3v) is 3.74. The Hall–Kier alpha value is -2.08. The van der Waals surface area contributed by atoms with Crippen molar-refractivity contribution in [2.24, 2.45) is 0 Å². The van der Waals surface area contributed by atoms with E-state index in [0.717, 1.165) is 25.8 Å². The molecule has 0 bridgehead atoms. The van der Waals surface area contributed by atoms with Gasteiger partial charge in [0.2, 0.25) is 11.8 Å². The van der Waals surface area contributed by atoms with E-state index in [1.807, 2.05) is 17.0 Å². The second kappa shape index (κ2) is 7.08. The average Bonchev–Trinajstić information content (AvgIpc) is 2.49. The van der Waals surface area contributed by atoms with Gasteiger partial charge in [0.15, 0.2) is 0 Å². The van der Waals surface area contributed by atoms with E-state index in [1.54, 1.807) is 19.2 Å². The highest BCUT2D eigenvalue weighted by Gasteiger charge is 2.29. The molecule has 2 rings (SSSR count). The van der Waals surface area contributed by atoms with Crippen LogP contribution in [0.15, 0.2) is 24.3 Å². The quantitative estimate of drug-likeness (QED) is 0.716. The fourth-order valence-corrected chi connectivity index (χ4v) is 2.63. The zero-order chi connectivity index (χ0) is 15.2. The number of carbonyl (C=O) groups excluding carboxylic acids is 2. The van der Waals surface area contributed by atoms with E-state index in [0.29, 0.717) is 11.4 Å². The second-order valence-electron chi connectivity index (χ2n) is 5.23. The fraction of sp³-hybridized carbons (Fsp3) is 0.467. The summed E-state index contributed by atoms with van der Waals surface area (Å²) >= 11 is 0. The number of rotatable bonds is 4. The molecule has 0 aromatic heterocycles. The minimum Gasteiger partial charge on any atom is -0.397 e. The van der Waals surface area contributed by atoms with Crippen molar-refractivity contribution in [3.05, 3.63) is 24.3 Å². The maximum atomic E-state index is 12.1. The number of hydrogen-bond acceptors (Lipinski definition) is 4. The van der Waals surface area contributed by atoms with Gasteiger partial charge in [-0.1, -0.05) is 18.6 Å². The summed E-state index contributed by atoms with van der Waals surface area (Å²) in [4.78, 5) is 25.9. The topological polar surface area (TPSA) is 87.5 Å². The Labute approximate surface area is 124 Å². The summed E-state index contributed by atoms with van der Waals surface area (Å²) in [5.74, 6) is -0.176. The van der Waals surface area contributed by atoms with Gasteiger partial charge in [0.1, 0.15) is 0 Å². The lowest BCUT2D eigenvalue weighted by Crippen LogP contribution is -2.51. The number of anilines is 2. The molecule has 0 radical (unpaired) electrons. The van der Waals surface area contributed by atoms with Crippen LogP contribution in [-0.2, 0) is 9.59 Å². The van der Waals surface area contributed by atoms with Crippen LogP contribution in [0.25, 0.3) is 0 Å². The van der Waals surface area contributed by atoms with Crippen LogP contribution in [-0.4, -0.2) is 42.9 Å². The number of nitrogens with zero attached hydrogens (tertiary/aromatic N) is 1. The molecule has 0 aliphatic carbocycles. The van der Waals surface area contributed by atoms with Gasteiger partial charge in [-0.3, -0.25) is 14.5 Å². The molecule has 1 atom stereocenters. The van der Waals surface area contributed by atoms with E-state index in [2.05, 4.69) is 10.6 Å². The number of hydrogen-bond donors (Lipinski definition) is 3. The van der Waals surface area contributed by atoms with Gasteiger partial charge in [-0.25, -0.2) is 0 Å². The Morgan fingerprint density at radius 2 is 2.10 bits per heavy atom. The number of piperidine rings is 1. The molecule has 1 aliphatic heterocycles. The molecular weight excluding hydrogens is 268 g/mol. The Kier molecular flexibility index (Phi) is 5.16. The molecule has 1 unspecified atom stereocenters. The van der Waals surface area contributed by atoms with Crippen molar-refractivity contribution in [2.45, 2.75) is 25.3 Å². The van der Waals surface area contributed by atoms with Gasteiger partial charge in [0, 0.05) is 7.05 Å². The van der Waals surface area contributed by atoms with Gasteiger partial charge in [0.05, 0.1) is 24.0 Å². The third-order valence-electron chi connectivity index (χ3n) is 3.74. The van der Waals surface area contributed by atoms with Crippen molar-refractivity contribution < 1.29 is 9.59 Å². The molecule has 1 saturated heterocycles. The van der Waals surface area contributed by atoms with Crippen molar-refractivity contribution in [1.29, 1.82) is 0 Å². The summed E-state index contributed by atoms with van der Waals surface area (Å²) in [6, 6.07) is 6.92. The summed E-state index contributed by atoms with van der Waals surface area (Å²) in [6.07, 6.45) is 2.82. The van der Waals surface area contributed by atoms with E-state index < -0.39 is 0 Å². The molecular formula is C15H22N4O2. The van der Waals surface area contributed by atoms with Crippen molar-refractivity contribution in [3.63, 3.8) is 0 Å². The maximum absolute atomic E-state index is 12.1. The van der Waals surface area contributed by atoms with Crippen LogP contribution in [0.5, 0.6) is 0 Å². The number of nitrogens with one attached hydrogen (secondary N) is 2. The van der Waals surface area contributed by atoms with Gasteiger partial charge in [-0.2, -0.15) is 0 Å². The van der Waals surface area contributed by atoms with E-state index in [4.69, 9.17) is 5.73 Å². The molecule has 1 aromatic rings. The fourth-order valence-electron chi connectivity index (χ4n) is 2.63. The molecule has 0 spiro atoms. The zero-order valence-electron chi connectivity index (χ0n) is 12.3. The Morgan fingerprint density at radius 1 is 1.33 bits per heavy atom. The first-order valence-corrected chi connectivity index (χ1v) is 7.22. The summed E-state index contributed by atoms with van der Waals surface area (Å²) < 4.78 is 0. The first-order valence-electron chi connectivity index (χ1n) is 7.22. The Bertz CT molecular complexity index is 518. The van der Waals surface area contributed by atoms with E-state index in [-0.39, 0.29) is 24.4 Å². The van der Waals surface area contributed by atoms with Crippen molar-refractivity contribution in [3.8, 4) is 0 Å². The van der Waals surface area contributed by atoms with Gasteiger partial charge in [-0.05, 0) is 31.5 Å². The molecule has 0 saturated carbocycles. The van der Waals surface area contributed by atoms with Crippen LogP contribution in [0.4, 0.5) is 11.4 Å². The lowest BCUT2D eigenvalue weighted by atomic mass is 10.0. The lowest BCUT2D eigenvalue weighted by molar-refractivity contribution is -0.128. The molecule has 6 nitrogen and oxygen atoms in total. The molecule has 4 N–H and O–H groups in total. The highest BCUT2D eigenvalue weighted by atomic mass is 16.2. The summed E-state index contributed by atoms with van der Waals surface area (Å²) in [6.45, 7) is 0.961. The minimum atomic E-state index is -0.220. The largest absolute Gasteiger partial charge is 0.397 e. The van der Waals surface area contributed by atoms with Crippen molar-refractivity contribution >= 4 is 23.2 Å². The monoisotopic (exact) mass is 290 g/mol. The number of benzene rings is 1. The number of likely N-dealkylation sites (N-methyl/N-ethyl adjacent to an activating group) is 1.